The molecule has 1 amide bonds. The lowest BCUT2D eigenvalue weighted by molar-refractivity contribution is -0.0654. The summed E-state index contributed by atoms with van der Waals surface area (Å²) < 4.78 is 5.72. The molecule has 2 rings (SSSR count). The van der Waals surface area contributed by atoms with Crippen LogP contribution in [0.3, 0.4) is 0 Å². The van der Waals surface area contributed by atoms with Crippen LogP contribution in [0.5, 0.6) is 0 Å². The van der Waals surface area contributed by atoms with Crippen LogP contribution in [0.1, 0.15) is 23.3 Å². The Balaban J connectivity index is 1.98. The normalized spacial score (nSPS) is 18.3. The summed E-state index contributed by atoms with van der Waals surface area (Å²) in [6, 6.07) is 0. The fourth-order valence-corrected chi connectivity index (χ4v) is 2.69. The summed E-state index contributed by atoms with van der Waals surface area (Å²) in [6.45, 7) is 2.25. The number of aromatic nitrogens is 2. The molecule has 6 heteroatoms. The molecule has 2 heterocycles. The number of nitrogens with zero attached hydrogens (tertiary/aromatic N) is 4. The van der Waals surface area contributed by atoms with E-state index in [2.05, 4.69) is 14.9 Å². The molecule has 0 N–H and O–H groups in total. The van der Waals surface area contributed by atoms with E-state index in [1.807, 2.05) is 19.0 Å². The molecule has 0 aromatic carbocycles. The van der Waals surface area contributed by atoms with Crippen LogP contribution >= 0.6 is 0 Å². The molecule has 0 spiro atoms. The van der Waals surface area contributed by atoms with E-state index in [1.54, 1.807) is 19.5 Å². The van der Waals surface area contributed by atoms with Crippen LogP contribution in [0.2, 0.25) is 0 Å². The number of rotatable bonds is 4. The average molecular weight is 278 g/mol. The molecule has 1 aromatic heterocycles. The van der Waals surface area contributed by atoms with Gasteiger partial charge in [0, 0.05) is 39.1 Å². The topological polar surface area (TPSA) is 58.6 Å². The number of piperidine rings is 1. The minimum absolute atomic E-state index is 0.0485. The maximum atomic E-state index is 12.3. The lowest BCUT2D eigenvalue weighted by Gasteiger charge is -2.42. The smallest absolute Gasteiger partial charge is 0.274 e. The number of likely N-dealkylation sites (N-methyl/N-ethyl adjacent to an activating group) is 1. The first kappa shape index (κ1) is 14.9. The monoisotopic (exact) mass is 278 g/mol. The summed E-state index contributed by atoms with van der Waals surface area (Å²) in [5, 5.41) is 0. The zero-order valence-electron chi connectivity index (χ0n) is 12.4. The zero-order valence-corrected chi connectivity index (χ0v) is 12.4. The Morgan fingerprint density at radius 1 is 1.40 bits per heavy atom. The molecule has 1 aliphatic rings. The summed E-state index contributed by atoms with van der Waals surface area (Å²) in [6.07, 6.45) is 6.31. The highest BCUT2D eigenvalue weighted by atomic mass is 16.5. The van der Waals surface area contributed by atoms with Gasteiger partial charge in [0.15, 0.2) is 0 Å². The van der Waals surface area contributed by atoms with Crippen LogP contribution in [0.15, 0.2) is 18.6 Å². The molecule has 0 radical (unpaired) electrons. The third-order valence-corrected chi connectivity index (χ3v) is 3.78. The van der Waals surface area contributed by atoms with Crippen molar-refractivity contribution in [2.45, 2.75) is 18.4 Å². The van der Waals surface area contributed by atoms with Gasteiger partial charge < -0.3 is 14.5 Å². The molecule has 1 aliphatic heterocycles. The minimum Gasteiger partial charge on any atom is -0.377 e. The van der Waals surface area contributed by atoms with Crippen LogP contribution in [-0.2, 0) is 4.74 Å². The highest BCUT2D eigenvalue weighted by molar-refractivity contribution is 5.92. The average Bonchev–Trinajstić information content (AvgIpc) is 2.47. The van der Waals surface area contributed by atoms with Gasteiger partial charge in [0.1, 0.15) is 5.69 Å². The lowest BCUT2D eigenvalue weighted by Crippen LogP contribution is -2.52. The van der Waals surface area contributed by atoms with Crippen LogP contribution < -0.4 is 0 Å². The Morgan fingerprint density at radius 2 is 2.10 bits per heavy atom. The van der Waals surface area contributed by atoms with E-state index in [9.17, 15) is 4.79 Å². The maximum Gasteiger partial charge on any atom is 0.274 e. The summed E-state index contributed by atoms with van der Waals surface area (Å²) in [5.74, 6) is -0.0485. The predicted molar refractivity (Wildman–Crippen MR) is 75.5 cm³/mol. The lowest BCUT2D eigenvalue weighted by atomic mass is 9.90. The van der Waals surface area contributed by atoms with Crippen LogP contribution in [0.4, 0.5) is 0 Å². The Hall–Kier alpha value is -1.53. The molecule has 0 atom stereocenters. The number of carbonyl (C=O) groups excluding carboxylic acids is 1. The third-order valence-electron chi connectivity index (χ3n) is 3.78. The van der Waals surface area contributed by atoms with Crippen molar-refractivity contribution in [3.8, 4) is 0 Å². The molecule has 0 aliphatic carbocycles. The summed E-state index contributed by atoms with van der Waals surface area (Å²) in [5.41, 5.74) is 0.257. The van der Waals surface area contributed by atoms with Gasteiger partial charge in [-0.2, -0.15) is 0 Å². The van der Waals surface area contributed by atoms with Crippen LogP contribution in [0.25, 0.3) is 0 Å². The van der Waals surface area contributed by atoms with E-state index in [1.165, 1.54) is 6.20 Å². The first-order valence-corrected chi connectivity index (χ1v) is 6.81. The minimum atomic E-state index is -0.150. The van der Waals surface area contributed by atoms with Crippen molar-refractivity contribution in [2.75, 3.05) is 40.8 Å². The number of ether oxygens (including phenoxy) is 1. The molecule has 1 saturated heterocycles. The van der Waals surface area contributed by atoms with E-state index in [4.69, 9.17) is 4.74 Å². The standard InChI is InChI=1S/C14H22N4O2/c1-17(2)11-14(20-3)4-8-18(9-5-14)13(19)12-10-15-6-7-16-12/h6-7,10H,4-5,8-9,11H2,1-3H3. The molecule has 0 unspecified atom stereocenters. The summed E-state index contributed by atoms with van der Waals surface area (Å²) >= 11 is 0. The van der Waals surface area contributed by atoms with Gasteiger partial charge in [0.2, 0.25) is 0 Å². The van der Waals surface area contributed by atoms with Crippen molar-refractivity contribution in [1.82, 2.24) is 19.8 Å². The van der Waals surface area contributed by atoms with E-state index >= 15 is 0 Å². The van der Waals surface area contributed by atoms with Gasteiger partial charge >= 0.3 is 0 Å². The van der Waals surface area contributed by atoms with Crippen molar-refractivity contribution in [3.05, 3.63) is 24.3 Å². The predicted octanol–water partition coefficient (Wildman–Crippen LogP) is 0.659. The van der Waals surface area contributed by atoms with Crippen molar-refractivity contribution >= 4 is 5.91 Å². The van der Waals surface area contributed by atoms with Gasteiger partial charge in [-0.25, -0.2) is 4.98 Å². The SMILES string of the molecule is COC1(CN(C)C)CCN(C(=O)c2cnccn2)CC1. The van der Waals surface area contributed by atoms with Gasteiger partial charge in [0.25, 0.3) is 5.91 Å². The number of carbonyl (C=O) groups is 1. The number of amides is 1. The zero-order chi connectivity index (χ0) is 14.6. The Kier molecular flexibility index (Phi) is 4.67. The third kappa shape index (κ3) is 3.32. The molecule has 20 heavy (non-hydrogen) atoms. The first-order valence-electron chi connectivity index (χ1n) is 6.81. The highest BCUT2D eigenvalue weighted by Gasteiger charge is 2.36. The largest absolute Gasteiger partial charge is 0.377 e. The van der Waals surface area contributed by atoms with Gasteiger partial charge in [-0.15, -0.1) is 0 Å². The number of hydrogen-bond acceptors (Lipinski definition) is 5. The van der Waals surface area contributed by atoms with Gasteiger partial charge in [-0.1, -0.05) is 0 Å². The second-order valence-electron chi connectivity index (χ2n) is 5.51. The van der Waals surface area contributed by atoms with E-state index in [-0.39, 0.29) is 11.5 Å². The number of likely N-dealkylation sites (tertiary alicyclic amines) is 1. The maximum absolute atomic E-state index is 12.3. The number of hydrogen-bond donors (Lipinski definition) is 0. The fourth-order valence-electron chi connectivity index (χ4n) is 2.69. The van der Waals surface area contributed by atoms with E-state index in [0.717, 1.165) is 19.4 Å². The highest BCUT2D eigenvalue weighted by Crippen LogP contribution is 2.27. The second-order valence-corrected chi connectivity index (χ2v) is 5.51. The fraction of sp³-hybridized carbons (Fsp3) is 0.643. The Labute approximate surface area is 119 Å². The molecule has 0 saturated carbocycles. The van der Waals surface area contributed by atoms with Crippen LogP contribution in [-0.4, -0.2) is 72.1 Å². The molecule has 110 valence electrons. The van der Waals surface area contributed by atoms with Gasteiger partial charge in [-0.05, 0) is 26.9 Å². The Bertz CT molecular complexity index is 442. The number of methoxy groups -OCH3 is 1. The van der Waals surface area contributed by atoms with Crippen molar-refractivity contribution in [3.63, 3.8) is 0 Å². The van der Waals surface area contributed by atoms with Crippen LogP contribution in [0, 0.1) is 0 Å². The molecular formula is C14H22N4O2. The summed E-state index contributed by atoms with van der Waals surface area (Å²) in [4.78, 5) is 24.3. The second kappa shape index (κ2) is 6.28. The van der Waals surface area contributed by atoms with Gasteiger partial charge in [-0.3, -0.25) is 9.78 Å². The quantitative estimate of drug-likeness (QED) is 0.810. The van der Waals surface area contributed by atoms with Gasteiger partial charge in [0.05, 0.1) is 11.8 Å². The molecular weight excluding hydrogens is 256 g/mol. The first-order chi connectivity index (χ1) is 9.56. The van der Waals surface area contributed by atoms with Crippen molar-refractivity contribution in [2.24, 2.45) is 0 Å². The molecule has 1 aromatic rings. The summed E-state index contributed by atoms with van der Waals surface area (Å²) in [7, 11) is 5.83. The molecule has 0 bridgehead atoms. The molecule has 6 nitrogen and oxygen atoms in total. The molecule has 1 fully saturated rings. The van der Waals surface area contributed by atoms with E-state index < -0.39 is 0 Å². The Morgan fingerprint density at radius 3 is 2.60 bits per heavy atom. The van der Waals surface area contributed by atoms with Crippen molar-refractivity contribution in [1.29, 1.82) is 0 Å². The van der Waals surface area contributed by atoms with E-state index in [0.29, 0.717) is 18.8 Å². The van der Waals surface area contributed by atoms with Crippen molar-refractivity contribution < 1.29 is 9.53 Å².